The Bertz CT molecular complexity index is 438. The lowest BCUT2D eigenvalue weighted by molar-refractivity contribution is -0.144. The van der Waals surface area contributed by atoms with Crippen molar-refractivity contribution in [3.63, 3.8) is 0 Å². The standard InChI is InChI=1S/C15H22N2O2/c1-11-9-19-10-12(2)17(11)15(18)8-7-13-5-3-4-6-14(13)16/h3-6,11-12H,7-10,16H2,1-2H3. The van der Waals surface area contributed by atoms with Gasteiger partial charge in [-0.3, -0.25) is 4.79 Å². The van der Waals surface area contributed by atoms with E-state index in [4.69, 9.17) is 10.5 Å². The molecule has 104 valence electrons. The van der Waals surface area contributed by atoms with E-state index in [-0.39, 0.29) is 18.0 Å². The summed E-state index contributed by atoms with van der Waals surface area (Å²) in [5.74, 6) is 0.187. The summed E-state index contributed by atoms with van der Waals surface area (Å²) in [6.07, 6.45) is 1.20. The summed E-state index contributed by atoms with van der Waals surface area (Å²) in [5, 5.41) is 0. The highest BCUT2D eigenvalue weighted by atomic mass is 16.5. The van der Waals surface area contributed by atoms with Crippen LogP contribution in [0.4, 0.5) is 5.69 Å². The number of ether oxygens (including phenoxy) is 1. The van der Waals surface area contributed by atoms with Gasteiger partial charge in [-0.05, 0) is 31.9 Å². The molecule has 0 saturated carbocycles. The van der Waals surface area contributed by atoms with E-state index in [1.54, 1.807) is 0 Å². The van der Waals surface area contributed by atoms with E-state index in [1.165, 1.54) is 0 Å². The summed E-state index contributed by atoms with van der Waals surface area (Å²) in [6, 6.07) is 8.03. The van der Waals surface area contributed by atoms with E-state index >= 15 is 0 Å². The number of nitrogens with two attached hydrogens (primary N) is 1. The lowest BCUT2D eigenvalue weighted by Crippen LogP contribution is -2.52. The molecule has 4 nitrogen and oxygen atoms in total. The summed E-state index contributed by atoms with van der Waals surface area (Å²) >= 11 is 0. The van der Waals surface area contributed by atoms with E-state index in [9.17, 15) is 4.79 Å². The number of carbonyl (C=O) groups excluding carboxylic acids is 1. The summed E-state index contributed by atoms with van der Waals surface area (Å²) in [6.45, 7) is 5.32. The second-order valence-electron chi connectivity index (χ2n) is 5.24. The normalized spacial score (nSPS) is 23.4. The lowest BCUT2D eigenvalue weighted by Gasteiger charge is -2.39. The molecule has 1 saturated heterocycles. The maximum atomic E-state index is 12.3. The zero-order valence-corrected chi connectivity index (χ0v) is 11.6. The molecule has 2 unspecified atom stereocenters. The van der Waals surface area contributed by atoms with Gasteiger partial charge in [0.25, 0.3) is 0 Å². The number of morpholine rings is 1. The van der Waals surface area contributed by atoms with Crippen molar-refractivity contribution in [2.75, 3.05) is 18.9 Å². The average molecular weight is 262 g/mol. The Morgan fingerprint density at radius 1 is 1.32 bits per heavy atom. The third kappa shape index (κ3) is 3.26. The molecule has 2 N–H and O–H groups in total. The van der Waals surface area contributed by atoms with Crippen molar-refractivity contribution < 1.29 is 9.53 Å². The Morgan fingerprint density at radius 2 is 1.95 bits per heavy atom. The molecule has 0 aromatic heterocycles. The summed E-state index contributed by atoms with van der Waals surface area (Å²) in [5.41, 5.74) is 7.70. The number of nitrogens with zero attached hydrogens (tertiary/aromatic N) is 1. The molecule has 1 aliphatic rings. The first-order valence-electron chi connectivity index (χ1n) is 6.82. The zero-order chi connectivity index (χ0) is 13.8. The Morgan fingerprint density at radius 3 is 2.58 bits per heavy atom. The van der Waals surface area contributed by atoms with Gasteiger partial charge >= 0.3 is 0 Å². The van der Waals surface area contributed by atoms with Gasteiger partial charge in [0.1, 0.15) is 0 Å². The van der Waals surface area contributed by atoms with E-state index in [0.717, 1.165) is 11.3 Å². The minimum absolute atomic E-state index is 0.157. The Balaban J connectivity index is 1.95. The molecule has 1 heterocycles. The van der Waals surface area contributed by atoms with Gasteiger partial charge in [0.05, 0.1) is 25.3 Å². The van der Waals surface area contributed by atoms with Crippen LogP contribution in [0.15, 0.2) is 24.3 Å². The van der Waals surface area contributed by atoms with Crippen LogP contribution in [0, 0.1) is 0 Å². The first-order chi connectivity index (χ1) is 9.09. The fraction of sp³-hybridized carbons (Fsp3) is 0.533. The first-order valence-corrected chi connectivity index (χ1v) is 6.82. The van der Waals surface area contributed by atoms with Gasteiger partial charge in [-0.2, -0.15) is 0 Å². The lowest BCUT2D eigenvalue weighted by atomic mass is 10.1. The molecule has 19 heavy (non-hydrogen) atoms. The van der Waals surface area contributed by atoms with Gasteiger partial charge in [0.15, 0.2) is 0 Å². The van der Waals surface area contributed by atoms with Crippen molar-refractivity contribution in [1.29, 1.82) is 0 Å². The van der Waals surface area contributed by atoms with E-state index in [1.807, 2.05) is 43.0 Å². The Hall–Kier alpha value is -1.55. The van der Waals surface area contributed by atoms with E-state index < -0.39 is 0 Å². The largest absolute Gasteiger partial charge is 0.399 e. The van der Waals surface area contributed by atoms with Crippen LogP contribution in [0.5, 0.6) is 0 Å². The van der Waals surface area contributed by atoms with E-state index in [2.05, 4.69) is 0 Å². The summed E-state index contributed by atoms with van der Waals surface area (Å²) in [7, 11) is 0. The highest BCUT2D eigenvalue weighted by Crippen LogP contribution is 2.17. The number of para-hydroxylation sites is 1. The molecular weight excluding hydrogens is 240 g/mol. The second-order valence-corrected chi connectivity index (χ2v) is 5.24. The molecule has 0 spiro atoms. The van der Waals surface area contributed by atoms with Gasteiger partial charge in [-0.1, -0.05) is 18.2 Å². The molecule has 1 aromatic rings. The number of anilines is 1. The molecule has 2 atom stereocenters. The van der Waals surface area contributed by atoms with Gasteiger partial charge in [0.2, 0.25) is 5.91 Å². The molecule has 1 aromatic carbocycles. The van der Waals surface area contributed by atoms with Crippen LogP contribution < -0.4 is 5.73 Å². The van der Waals surface area contributed by atoms with Crippen molar-refractivity contribution >= 4 is 11.6 Å². The molecule has 1 amide bonds. The van der Waals surface area contributed by atoms with Crippen LogP contribution in [0.3, 0.4) is 0 Å². The molecule has 1 fully saturated rings. The van der Waals surface area contributed by atoms with Crippen molar-refractivity contribution in [3.05, 3.63) is 29.8 Å². The smallest absolute Gasteiger partial charge is 0.223 e. The average Bonchev–Trinajstić information content (AvgIpc) is 2.37. The molecule has 2 rings (SSSR count). The minimum atomic E-state index is 0.157. The van der Waals surface area contributed by atoms with Crippen LogP contribution in [0.1, 0.15) is 25.8 Å². The fourth-order valence-electron chi connectivity index (χ4n) is 2.63. The van der Waals surface area contributed by atoms with Gasteiger partial charge < -0.3 is 15.4 Å². The maximum Gasteiger partial charge on any atom is 0.223 e. The van der Waals surface area contributed by atoms with Crippen LogP contribution in [-0.4, -0.2) is 36.1 Å². The molecule has 0 aliphatic carbocycles. The summed E-state index contributed by atoms with van der Waals surface area (Å²) < 4.78 is 5.44. The van der Waals surface area contributed by atoms with Crippen LogP contribution >= 0.6 is 0 Å². The number of carbonyl (C=O) groups is 1. The van der Waals surface area contributed by atoms with Crippen LogP contribution in [-0.2, 0) is 16.0 Å². The van der Waals surface area contributed by atoms with E-state index in [0.29, 0.717) is 26.1 Å². The third-order valence-electron chi connectivity index (χ3n) is 3.62. The predicted molar refractivity (Wildman–Crippen MR) is 75.8 cm³/mol. The highest BCUT2D eigenvalue weighted by molar-refractivity contribution is 5.77. The van der Waals surface area contributed by atoms with Crippen molar-refractivity contribution in [3.8, 4) is 0 Å². The first kappa shape index (κ1) is 13.9. The minimum Gasteiger partial charge on any atom is -0.399 e. The number of benzene rings is 1. The van der Waals surface area contributed by atoms with Gasteiger partial charge in [-0.15, -0.1) is 0 Å². The van der Waals surface area contributed by atoms with Crippen LogP contribution in [0.2, 0.25) is 0 Å². The monoisotopic (exact) mass is 262 g/mol. The number of hydrogen-bond donors (Lipinski definition) is 1. The number of rotatable bonds is 3. The zero-order valence-electron chi connectivity index (χ0n) is 11.6. The Kier molecular flexibility index (Phi) is 4.43. The molecule has 1 aliphatic heterocycles. The number of hydrogen-bond acceptors (Lipinski definition) is 3. The number of nitrogen functional groups attached to an aromatic ring is 1. The highest BCUT2D eigenvalue weighted by Gasteiger charge is 2.29. The van der Waals surface area contributed by atoms with Crippen molar-refractivity contribution in [2.45, 2.75) is 38.8 Å². The molecule has 0 radical (unpaired) electrons. The SMILES string of the molecule is CC1COCC(C)N1C(=O)CCc1ccccc1N. The van der Waals surface area contributed by atoms with Crippen molar-refractivity contribution in [2.24, 2.45) is 0 Å². The molecule has 4 heteroatoms. The number of aryl methyl sites for hydroxylation is 1. The quantitative estimate of drug-likeness (QED) is 0.846. The summed E-state index contributed by atoms with van der Waals surface area (Å²) in [4.78, 5) is 14.3. The maximum absolute atomic E-state index is 12.3. The topological polar surface area (TPSA) is 55.6 Å². The predicted octanol–water partition coefficient (Wildman–Crippen LogP) is 1.84. The van der Waals surface area contributed by atoms with Crippen molar-refractivity contribution in [1.82, 2.24) is 4.90 Å². The third-order valence-corrected chi connectivity index (χ3v) is 3.62. The number of amides is 1. The van der Waals surface area contributed by atoms with Crippen LogP contribution in [0.25, 0.3) is 0 Å². The van der Waals surface area contributed by atoms with Gasteiger partial charge in [-0.25, -0.2) is 0 Å². The molecular formula is C15H22N2O2. The van der Waals surface area contributed by atoms with Gasteiger partial charge in [0, 0.05) is 12.1 Å². The second kappa shape index (κ2) is 6.06. The Labute approximate surface area is 114 Å². The fourth-order valence-corrected chi connectivity index (χ4v) is 2.63. The molecule has 0 bridgehead atoms.